The Morgan fingerprint density at radius 3 is 2.17 bits per heavy atom. The van der Waals surface area contributed by atoms with Gasteiger partial charge in [0.25, 0.3) is 0 Å². The molecule has 1 aliphatic heterocycles. The molecule has 0 aromatic heterocycles. The Labute approximate surface area is 105 Å². The van der Waals surface area contributed by atoms with Crippen molar-refractivity contribution in [2.24, 2.45) is 0 Å². The molecule has 1 fully saturated rings. The van der Waals surface area contributed by atoms with Crippen LogP contribution in [0.15, 0.2) is 36.9 Å². The zero-order chi connectivity index (χ0) is 13.3. The molecule has 1 aromatic rings. The van der Waals surface area contributed by atoms with Gasteiger partial charge in [-0.1, -0.05) is 36.9 Å². The van der Waals surface area contributed by atoms with E-state index in [0.29, 0.717) is 5.57 Å². The van der Waals surface area contributed by atoms with Gasteiger partial charge in [-0.25, -0.2) is 0 Å². The van der Waals surface area contributed by atoms with Crippen LogP contribution >= 0.6 is 0 Å². The van der Waals surface area contributed by atoms with Crippen molar-refractivity contribution in [3.05, 3.63) is 42.5 Å². The van der Waals surface area contributed by atoms with Gasteiger partial charge in [0.15, 0.2) is 6.29 Å². The van der Waals surface area contributed by atoms with Crippen molar-refractivity contribution in [3.63, 3.8) is 0 Å². The van der Waals surface area contributed by atoms with Gasteiger partial charge in [-0.15, -0.1) is 0 Å². The van der Waals surface area contributed by atoms with Crippen molar-refractivity contribution in [1.29, 1.82) is 0 Å². The third-order valence-electron chi connectivity index (χ3n) is 3.08. The summed E-state index contributed by atoms with van der Waals surface area (Å²) >= 11 is 0. The van der Waals surface area contributed by atoms with Gasteiger partial charge in [0.2, 0.25) is 0 Å². The molecule has 0 amide bonds. The second-order valence-corrected chi connectivity index (χ2v) is 4.31. The van der Waals surface area contributed by atoms with Gasteiger partial charge in [-0.2, -0.15) is 0 Å². The van der Waals surface area contributed by atoms with Crippen molar-refractivity contribution in [1.82, 2.24) is 0 Å². The van der Waals surface area contributed by atoms with Crippen LogP contribution in [0.4, 0.5) is 0 Å². The fraction of sp³-hybridized carbons (Fsp3) is 0.385. The average molecular weight is 252 g/mol. The van der Waals surface area contributed by atoms with E-state index in [-0.39, 0.29) is 0 Å². The van der Waals surface area contributed by atoms with Crippen LogP contribution in [0, 0.1) is 0 Å². The third-order valence-corrected chi connectivity index (χ3v) is 3.08. The molecule has 5 atom stereocenters. The second-order valence-electron chi connectivity index (χ2n) is 4.31. The first-order chi connectivity index (χ1) is 8.52. The van der Waals surface area contributed by atoms with Crippen LogP contribution in [0.25, 0.3) is 5.57 Å². The van der Waals surface area contributed by atoms with Crippen LogP contribution in [-0.4, -0.2) is 51.1 Å². The summed E-state index contributed by atoms with van der Waals surface area (Å²) in [4.78, 5) is 0. The molecule has 4 N–H and O–H groups in total. The highest BCUT2D eigenvalue weighted by molar-refractivity contribution is 5.67. The molecule has 1 unspecified atom stereocenters. The number of ether oxygens (including phenoxy) is 1. The molecule has 0 bridgehead atoms. The molecule has 0 spiro atoms. The van der Waals surface area contributed by atoms with Crippen molar-refractivity contribution in [2.45, 2.75) is 30.7 Å². The fourth-order valence-electron chi connectivity index (χ4n) is 1.97. The molecule has 1 aliphatic rings. The maximum absolute atomic E-state index is 9.85. The number of hydrogen-bond acceptors (Lipinski definition) is 5. The minimum Gasteiger partial charge on any atom is -0.387 e. The first kappa shape index (κ1) is 13.2. The molecule has 0 saturated carbocycles. The van der Waals surface area contributed by atoms with Gasteiger partial charge < -0.3 is 25.2 Å². The molecule has 0 aliphatic carbocycles. The molecular weight excluding hydrogens is 236 g/mol. The molecule has 1 saturated heterocycles. The van der Waals surface area contributed by atoms with E-state index in [1.807, 2.05) is 6.07 Å². The summed E-state index contributed by atoms with van der Waals surface area (Å²) in [6, 6.07) is 9.00. The SMILES string of the molecule is C=C(c1ccccc1)[C@H]1OC(O)[C@H](O)[C@@H](O)[C@H]1O. The number of aliphatic hydroxyl groups is 4. The van der Waals surface area contributed by atoms with Gasteiger partial charge in [0.1, 0.15) is 24.4 Å². The van der Waals surface area contributed by atoms with Crippen LogP contribution in [0.5, 0.6) is 0 Å². The van der Waals surface area contributed by atoms with Gasteiger partial charge in [0, 0.05) is 0 Å². The molecule has 5 nitrogen and oxygen atoms in total. The summed E-state index contributed by atoms with van der Waals surface area (Å²) in [6.45, 7) is 3.80. The van der Waals surface area contributed by atoms with Gasteiger partial charge >= 0.3 is 0 Å². The van der Waals surface area contributed by atoms with Gasteiger partial charge in [-0.3, -0.25) is 0 Å². The summed E-state index contributed by atoms with van der Waals surface area (Å²) in [5.74, 6) is 0. The Morgan fingerprint density at radius 1 is 0.944 bits per heavy atom. The monoisotopic (exact) mass is 252 g/mol. The first-order valence-corrected chi connectivity index (χ1v) is 5.64. The van der Waals surface area contributed by atoms with E-state index >= 15 is 0 Å². The molecule has 5 heteroatoms. The standard InChI is InChI=1S/C13H16O5/c1-7(8-5-3-2-4-6-8)12-10(15)9(14)11(16)13(17)18-12/h2-6,9-17H,1H2/t9-,10+,11+,12+,13?/m0/s1. The van der Waals surface area contributed by atoms with Crippen LogP contribution in [-0.2, 0) is 4.74 Å². The van der Waals surface area contributed by atoms with Crippen LogP contribution in [0.3, 0.4) is 0 Å². The lowest BCUT2D eigenvalue weighted by molar-refractivity contribution is -0.268. The Balaban J connectivity index is 2.20. The number of hydrogen-bond donors (Lipinski definition) is 4. The Hall–Kier alpha value is -1.24. The van der Waals surface area contributed by atoms with E-state index in [1.165, 1.54) is 0 Å². The highest BCUT2D eigenvalue weighted by Gasteiger charge is 2.44. The Bertz CT molecular complexity index is 419. The topological polar surface area (TPSA) is 90.2 Å². The van der Waals surface area contributed by atoms with E-state index in [9.17, 15) is 20.4 Å². The smallest absolute Gasteiger partial charge is 0.184 e. The summed E-state index contributed by atoms with van der Waals surface area (Å²) in [5.41, 5.74) is 1.17. The molecule has 18 heavy (non-hydrogen) atoms. The van der Waals surface area contributed by atoms with Crippen molar-refractivity contribution >= 4 is 5.57 Å². The van der Waals surface area contributed by atoms with E-state index in [2.05, 4.69) is 6.58 Å². The number of rotatable bonds is 2. The van der Waals surface area contributed by atoms with Crippen molar-refractivity contribution in [3.8, 4) is 0 Å². The van der Waals surface area contributed by atoms with E-state index in [1.54, 1.807) is 24.3 Å². The van der Waals surface area contributed by atoms with E-state index < -0.39 is 30.7 Å². The number of benzene rings is 1. The lowest BCUT2D eigenvalue weighted by Crippen LogP contribution is -2.57. The third kappa shape index (κ3) is 2.31. The predicted octanol–water partition coefficient (Wildman–Crippen LogP) is -0.500. The van der Waals surface area contributed by atoms with Crippen LogP contribution in [0.2, 0.25) is 0 Å². The number of aliphatic hydroxyl groups excluding tert-OH is 4. The molecular formula is C13H16O5. The van der Waals surface area contributed by atoms with Gasteiger partial charge in [-0.05, 0) is 11.1 Å². The lowest BCUT2D eigenvalue weighted by Gasteiger charge is -2.39. The second kappa shape index (κ2) is 5.17. The van der Waals surface area contributed by atoms with Crippen molar-refractivity contribution < 1.29 is 25.2 Å². The molecule has 1 heterocycles. The zero-order valence-electron chi connectivity index (χ0n) is 9.68. The summed E-state index contributed by atoms with van der Waals surface area (Å²) in [6.07, 6.45) is -6.84. The largest absolute Gasteiger partial charge is 0.387 e. The van der Waals surface area contributed by atoms with E-state index in [0.717, 1.165) is 5.56 Å². The lowest BCUT2D eigenvalue weighted by atomic mass is 9.91. The maximum atomic E-state index is 9.85. The molecule has 0 radical (unpaired) electrons. The quantitative estimate of drug-likeness (QED) is 0.570. The Kier molecular flexibility index (Phi) is 3.79. The molecule has 1 aromatic carbocycles. The fourth-order valence-corrected chi connectivity index (χ4v) is 1.97. The minimum atomic E-state index is -1.55. The average Bonchev–Trinajstić information content (AvgIpc) is 2.41. The van der Waals surface area contributed by atoms with Crippen LogP contribution in [0.1, 0.15) is 5.56 Å². The summed E-state index contributed by atoms with van der Waals surface area (Å²) < 4.78 is 5.09. The highest BCUT2D eigenvalue weighted by Crippen LogP contribution is 2.29. The summed E-state index contributed by atoms with van der Waals surface area (Å²) in [7, 11) is 0. The molecule has 2 rings (SSSR count). The van der Waals surface area contributed by atoms with E-state index in [4.69, 9.17) is 4.74 Å². The first-order valence-electron chi connectivity index (χ1n) is 5.64. The highest BCUT2D eigenvalue weighted by atomic mass is 16.6. The summed E-state index contributed by atoms with van der Waals surface area (Å²) in [5, 5.41) is 38.3. The van der Waals surface area contributed by atoms with Crippen molar-refractivity contribution in [2.75, 3.05) is 0 Å². The zero-order valence-corrected chi connectivity index (χ0v) is 9.68. The molecule has 98 valence electrons. The van der Waals surface area contributed by atoms with Crippen LogP contribution < -0.4 is 0 Å². The maximum Gasteiger partial charge on any atom is 0.184 e. The van der Waals surface area contributed by atoms with Gasteiger partial charge in [0.05, 0.1) is 0 Å². The normalized spacial score (nSPS) is 36.3. The minimum absolute atomic E-state index is 0.438. The Morgan fingerprint density at radius 2 is 1.56 bits per heavy atom. The predicted molar refractivity (Wildman–Crippen MR) is 64.4 cm³/mol.